The topological polar surface area (TPSA) is 62.1 Å². The Bertz CT molecular complexity index is 501. The molecule has 0 fully saturated rings. The summed E-state index contributed by atoms with van der Waals surface area (Å²) in [5, 5.41) is 12.0. The highest BCUT2D eigenvalue weighted by atomic mass is 32.1. The first-order chi connectivity index (χ1) is 8.58. The van der Waals surface area contributed by atoms with Crippen LogP contribution in [-0.2, 0) is 9.53 Å². The van der Waals surface area contributed by atoms with E-state index in [4.69, 9.17) is 10.00 Å². The molecule has 0 atom stereocenters. The summed E-state index contributed by atoms with van der Waals surface area (Å²) >= 11 is 4.12. The smallest absolute Gasteiger partial charge is 0.351 e. The fraction of sp³-hybridized carbons (Fsp3) is 0.231. The van der Waals surface area contributed by atoms with E-state index in [1.165, 1.54) is 0 Å². The number of rotatable bonds is 4. The van der Waals surface area contributed by atoms with Crippen molar-refractivity contribution >= 4 is 24.3 Å². The molecule has 0 unspecified atom stereocenters. The third-order valence-electron chi connectivity index (χ3n) is 2.14. The standard InChI is InChI=1S/C13H14N2O2S/c1-3-17-13(16)11(8-14)12(18)15-10-6-4-9(2)5-7-10/h4-7,15,18H,3H2,1-2H3/b12-11+. The number of nitrogens with one attached hydrogen (secondary N) is 1. The van der Waals surface area contributed by atoms with Crippen molar-refractivity contribution in [1.29, 1.82) is 5.26 Å². The number of thiol groups is 1. The zero-order valence-electron chi connectivity index (χ0n) is 10.2. The summed E-state index contributed by atoms with van der Waals surface area (Å²) < 4.78 is 4.76. The van der Waals surface area contributed by atoms with Crippen molar-refractivity contribution in [3.63, 3.8) is 0 Å². The molecule has 0 bridgehead atoms. The molecule has 1 aromatic rings. The number of nitrogens with zero attached hydrogens (tertiary/aromatic N) is 1. The van der Waals surface area contributed by atoms with Gasteiger partial charge in [-0.15, -0.1) is 12.6 Å². The van der Waals surface area contributed by atoms with Gasteiger partial charge in [-0.1, -0.05) is 17.7 Å². The van der Waals surface area contributed by atoms with Crippen molar-refractivity contribution in [2.75, 3.05) is 11.9 Å². The second kappa shape index (κ2) is 6.72. The average Bonchev–Trinajstić information content (AvgIpc) is 2.33. The number of ether oxygens (including phenoxy) is 1. The van der Waals surface area contributed by atoms with Crippen molar-refractivity contribution in [1.82, 2.24) is 0 Å². The van der Waals surface area contributed by atoms with Crippen molar-refractivity contribution < 1.29 is 9.53 Å². The summed E-state index contributed by atoms with van der Waals surface area (Å²) in [5.74, 6) is -0.676. The highest BCUT2D eigenvalue weighted by Gasteiger charge is 2.14. The molecule has 0 saturated carbocycles. The largest absolute Gasteiger partial charge is 0.462 e. The van der Waals surface area contributed by atoms with Crippen LogP contribution in [0.25, 0.3) is 0 Å². The first-order valence-electron chi connectivity index (χ1n) is 5.42. The van der Waals surface area contributed by atoms with Gasteiger partial charge < -0.3 is 10.1 Å². The summed E-state index contributed by atoms with van der Waals surface area (Å²) in [6.45, 7) is 3.87. The highest BCUT2D eigenvalue weighted by Crippen LogP contribution is 2.16. The summed E-state index contributed by atoms with van der Waals surface area (Å²) in [4.78, 5) is 11.5. The van der Waals surface area contributed by atoms with Gasteiger partial charge in [0.2, 0.25) is 0 Å². The van der Waals surface area contributed by atoms with E-state index in [0.29, 0.717) is 0 Å². The van der Waals surface area contributed by atoms with Gasteiger partial charge in [0.25, 0.3) is 0 Å². The molecule has 4 nitrogen and oxygen atoms in total. The van der Waals surface area contributed by atoms with Crippen molar-refractivity contribution in [3.05, 3.63) is 40.4 Å². The van der Waals surface area contributed by atoms with Gasteiger partial charge in [0.1, 0.15) is 6.07 Å². The first-order valence-corrected chi connectivity index (χ1v) is 5.87. The highest BCUT2D eigenvalue weighted by molar-refractivity contribution is 7.84. The Morgan fingerprint density at radius 1 is 1.44 bits per heavy atom. The van der Waals surface area contributed by atoms with Gasteiger partial charge in [-0.25, -0.2) is 4.79 Å². The van der Waals surface area contributed by atoms with Gasteiger partial charge in [-0.2, -0.15) is 5.26 Å². The SMILES string of the molecule is CCOC(=O)/C(C#N)=C(/S)Nc1ccc(C)cc1. The summed E-state index contributed by atoms with van der Waals surface area (Å²) in [6, 6.07) is 9.30. The maximum absolute atomic E-state index is 11.5. The monoisotopic (exact) mass is 262 g/mol. The maximum Gasteiger partial charge on any atom is 0.351 e. The lowest BCUT2D eigenvalue weighted by atomic mass is 10.2. The van der Waals surface area contributed by atoms with E-state index in [0.717, 1.165) is 11.3 Å². The minimum absolute atomic E-state index is 0.138. The molecular formula is C13H14N2O2S. The Balaban J connectivity index is 2.90. The zero-order chi connectivity index (χ0) is 13.5. The fourth-order valence-electron chi connectivity index (χ4n) is 1.23. The van der Waals surface area contributed by atoms with Crippen LogP contribution in [0.2, 0.25) is 0 Å². The number of anilines is 1. The van der Waals surface area contributed by atoms with Crippen LogP contribution < -0.4 is 5.32 Å². The first kappa shape index (κ1) is 14.1. The Morgan fingerprint density at radius 3 is 2.56 bits per heavy atom. The Morgan fingerprint density at radius 2 is 2.06 bits per heavy atom. The molecule has 0 aliphatic carbocycles. The molecule has 0 saturated heterocycles. The number of hydrogen-bond donors (Lipinski definition) is 2. The van der Waals surface area contributed by atoms with Gasteiger partial charge in [0.15, 0.2) is 5.57 Å². The summed E-state index contributed by atoms with van der Waals surface area (Å²) in [6.07, 6.45) is 0. The minimum Gasteiger partial charge on any atom is -0.462 e. The zero-order valence-corrected chi connectivity index (χ0v) is 11.1. The summed E-state index contributed by atoms with van der Waals surface area (Å²) in [5.41, 5.74) is 1.74. The lowest BCUT2D eigenvalue weighted by molar-refractivity contribution is -0.138. The molecule has 0 aliphatic heterocycles. The number of hydrogen-bond acceptors (Lipinski definition) is 5. The van der Waals surface area contributed by atoms with Crippen LogP contribution >= 0.6 is 12.6 Å². The predicted octanol–water partition coefficient (Wildman–Crippen LogP) is 2.64. The lowest BCUT2D eigenvalue weighted by Crippen LogP contribution is -2.10. The van der Waals surface area contributed by atoms with Crippen LogP contribution in [0.4, 0.5) is 5.69 Å². The second-order valence-corrected chi connectivity index (χ2v) is 3.99. The average molecular weight is 262 g/mol. The number of aryl methyl sites for hydroxylation is 1. The molecule has 1 N–H and O–H groups in total. The molecule has 0 aliphatic rings. The molecule has 0 heterocycles. The van der Waals surface area contributed by atoms with Crippen LogP contribution in [0.5, 0.6) is 0 Å². The van der Waals surface area contributed by atoms with Gasteiger partial charge in [-0.05, 0) is 26.0 Å². The van der Waals surface area contributed by atoms with Gasteiger partial charge in [0.05, 0.1) is 11.6 Å². The van der Waals surface area contributed by atoms with E-state index in [2.05, 4.69) is 17.9 Å². The van der Waals surface area contributed by atoms with Crippen molar-refractivity contribution in [2.24, 2.45) is 0 Å². The third kappa shape index (κ3) is 3.82. The molecular weight excluding hydrogens is 248 g/mol. The number of nitriles is 1. The van der Waals surface area contributed by atoms with E-state index in [1.54, 1.807) is 13.0 Å². The molecule has 0 amide bonds. The van der Waals surface area contributed by atoms with Gasteiger partial charge >= 0.3 is 5.97 Å². The van der Waals surface area contributed by atoms with Gasteiger partial charge in [-0.3, -0.25) is 0 Å². The van der Waals surface area contributed by atoms with E-state index < -0.39 is 5.97 Å². The molecule has 0 radical (unpaired) electrons. The van der Waals surface area contributed by atoms with Crippen LogP contribution in [-0.4, -0.2) is 12.6 Å². The Labute approximate surface area is 112 Å². The van der Waals surface area contributed by atoms with Gasteiger partial charge in [0, 0.05) is 5.69 Å². The predicted molar refractivity (Wildman–Crippen MR) is 73.1 cm³/mol. The van der Waals surface area contributed by atoms with Crippen molar-refractivity contribution in [3.8, 4) is 6.07 Å². The van der Waals surface area contributed by atoms with Crippen LogP contribution in [0.3, 0.4) is 0 Å². The molecule has 1 rings (SSSR count). The van der Waals surface area contributed by atoms with E-state index >= 15 is 0 Å². The minimum atomic E-state index is -0.676. The molecule has 0 aromatic heterocycles. The quantitative estimate of drug-likeness (QED) is 0.379. The number of carbonyl (C=O) groups is 1. The molecule has 94 valence electrons. The van der Waals surface area contributed by atoms with Crippen molar-refractivity contribution in [2.45, 2.75) is 13.8 Å². The summed E-state index contributed by atoms with van der Waals surface area (Å²) in [7, 11) is 0. The second-order valence-electron chi connectivity index (χ2n) is 3.55. The fourth-order valence-corrected chi connectivity index (χ4v) is 1.51. The van der Waals surface area contributed by atoms with Crippen LogP contribution in [0.1, 0.15) is 12.5 Å². The normalized spacial score (nSPS) is 11.2. The van der Waals surface area contributed by atoms with E-state index in [1.807, 2.05) is 31.2 Å². The number of esters is 1. The van der Waals surface area contributed by atoms with Crippen LogP contribution in [0, 0.1) is 18.3 Å². The Hall–Kier alpha value is -1.93. The third-order valence-corrected chi connectivity index (χ3v) is 2.48. The van der Waals surface area contributed by atoms with Crippen LogP contribution in [0.15, 0.2) is 34.9 Å². The van der Waals surface area contributed by atoms with E-state index in [-0.39, 0.29) is 17.2 Å². The Kier molecular flexibility index (Phi) is 5.28. The molecule has 18 heavy (non-hydrogen) atoms. The molecule has 1 aromatic carbocycles. The van der Waals surface area contributed by atoms with E-state index in [9.17, 15) is 4.79 Å². The molecule has 0 spiro atoms. The number of carbonyl (C=O) groups excluding carboxylic acids is 1. The maximum atomic E-state index is 11.5. The lowest BCUT2D eigenvalue weighted by Gasteiger charge is -2.08. The number of benzene rings is 1. The molecule has 5 heteroatoms.